The number of nitrogens with zero attached hydrogens (tertiary/aromatic N) is 6. The fourth-order valence-corrected chi connectivity index (χ4v) is 7.09. The van der Waals surface area contributed by atoms with Crippen LogP contribution < -0.4 is 19.9 Å². The van der Waals surface area contributed by atoms with Crippen LogP contribution in [0.25, 0.3) is 10.8 Å². The van der Waals surface area contributed by atoms with Gasteiger partial charge in [-0.15, -0.1) is 0 Å². The number of nitrogens with one attached hydrogen (secondary N) is 1. The van der Waals surface area contributed by atoms with E-state index in [0.29, 0.717) is 25.6 Å². The second-order valence-electron chi connectivity index (χ2n) is 11.7. The molecular weight excluding hydrogens is 522 g/mol. The maximum absolute atomic E-state index is 9.31. The third-order valence-corrected chi connectivity index (χ3v) is 9.48. The van der Waals surface area contributed by atoms with Crippen molar-refractivity contribution in [3.8, 4) is 12.1 Å². The van der Waals surface area contributed by atoms with Gasteiger partial charge in [0.2, 0.25) is 0 Å². The van der Waals surface area contributed by atoms with Gasteiger partial charge in [-0.25, -0.2) is 0 Å². The van der Waals surface area contributed by atoms with Gasteiger partial charge in [-0.05, 0) is 62.7 Å². The third kappa shape index (κ3) is 4.85. The summed E-state index contributed by atoms with van der Waals surface area (Å²) in [5.74, 6) is 0.978. The Labute approximate surface area is 240 Å². The van der Waals surface area contributed by atoms with Crippen LogP contribution in [0, 0.1) is 11.3 Å². The fraction of sp³-hybridized carbons (Fsp3) is 0.516. The number of ether oxygens (including phenoxy) is 1. The summed E-state index contributed by atoms with van der Waals surface area (Å²) in [5, 5.41) is 15.8. The van der Waals surface area contributed by atoms with E-state index in [1.165, 1.54) is 44.3 Å². The van der Waals surface area contributed by atoms with Crippen molar-refractivity contribution >= 4 is 33.9 Å². The Balaban J connectivity index is 1.21. The molecule has 40 heavy (non-hydrogen) atoms. The summed E-state index contributed by atoms with van der Waals surface area (Å²) in [4.78, 5) is 17.4. The Morgan fingerprint density at radius 2 is 1.88 bits per heavy atom. The quantitative estimate of drug-likeness (QED) is 0.453. The van der Waals surface area contributed by atoms with E-state index in [-0.39, 0.29) is 11.6 Å². The molecule has 1 atom stereocenters. The zero-order chi connectivity index (χ0) is 27.1. The summed E-state index contributed by atoms with van der Waals surface area (Å²) in [5.41, 5.74) is 3.53. The first-order valence-corrected chi connectivity index (χ1v) is 15.1. The van der Waals surface area contributed by atoms with Gasteiger partial charge in [-0.1, -0.05) is 35.9 Å². The average Bonchev–Trinajstić information content (AvgIpc) is 3.56. The molecule has 208 valence electrons. The van der Waals surface area contributed by atoms with Crippen LogP contribution in [0.4, 0.5) is 11.5 Å². The summed E-state index contributed by atoms with van der Waals surface area (Å²) in [6.45, 7) is 6.97. The molecule has 1 aromatic heterocycles. The number of hydrogen-bond acceptors (Lipinski definition) is 8. The lowest BCUT2D eigenvalue weighted by atomic mass is 10.0. The normalized spacial score (nSPS) is 22.2. The van der Waals surface area contributed by atoms with Crippen LogP contribution in [0.15, 0.2) is 36.4 Å². The van der Waals surface area contributed by atoms with Crippen LogP contribution in [-0.4, -0.2) is 72.3 Å². The largest absolute Gasteiger partial charge is 0.461 e. The molecule has 1 aliphatic carbocycles. The number of rotatable bonds is 7. The molecule has 7 rings (SSSR count). The number of aromatic nitrogens is 2. The number of anilines is 2. The second kappa shape index (κ2) is 10.7. The Morgan fingerprint density at radius 3 is 2.67 bits per heavy atom. The Kier molecular flexibility index (Phi) is 6.91. The highest BCUT2D eigenvalue weighted by molar-refractivity contribution is 6.36. The number of fused-ring (bicyclic) bond motifs is 2. The first-order chi connectivity index (χ1) is 19.6. The van der Waals surface area contributed by atoms with Crippen LogP contribution >= 0.6 is 11.6 Å². The van der Waals surface area contributed by atoms with E-state index >= 15 is 0 Å². The molecular formula is C31H36ClN7O. The van der Waals surface area contributed by atoms with Gasteiger partial charge in [0, 0.05) is 48.9 Å². The number of likely N-dealkylation sites (tertiary alicyclic amines) is 1. The Hall–Kier alpha value is -3.12. The molecule has 0 unspecified atom stereocenters. The molecule has 9 heteroatoms. The zero-order valence-corrected chi connectivity index (χ0v) is 23.7. The molecule has 2 saturated heterocycles. The molecule has 3 aromatic rings. The van der Waals surface area contributed by atoms with Gasteiger partial charge in [0.15, 0.2) is 0 Å². The van der Waals surface area contributed by atoms with E-state index in [0.717, 1.165) is 65.6 Å². The number of piperazine rings is 1. The average molecular weight is 558 g/mol. The zero-order valence-electron chi connectivity index (χ0n) is 22.9. The molecule has 0 bridgehead atoms. The van der Waals surface area contributed by atoms with E-state index in [1.54, 1.807) is 0 Å². The molecule has 3 fully saturated rings. The first-order valence-electron chi connectivity index (χ1n) is 14.7. The van der Waals surface area contributed by atoms with Crippen molar-refractivity contribution in [1.82, 2.24) is 20.2 Å². The van der Waals surface area contributed by atoms with Crippen LogP contribution in [0.5, 0.6) is 6.01 Å². The fourth-order valence-electron chi connectivity index (χ4n) is 6.81. The standard InChI is InChI=1S/C31H36ClN7O/c32-25-7-3-5-22-6-4-8-27(28(22)25)37-17-10-24-26(20-37)35-30(40-21-31(11-12-31)39-15-1-2-16-39)36-29(24)38-18-14-34-23(19-38)9-13-33/h3-8,23,34H,1-2,9-12,14-21H2/t23-/m0/s1. The summed E-state index contributed by atoms with van der Waals surface area (Å²) in [6, 6.07) is 15.4. The summed E-state index contributed by atoms with van der Waals surface area (Å²) < 4.78 is 6.45. The minimum Gasteiger partial charge on any atom is -0.461 e. The number of nitriles is 1. The van der Waals surface area contributed by atoms with E-state index in [9.17, 15) is 5.26 Å². The van der Waals surface area contributed by atoms with Crippen molar-refractivity contribution in [2.75, 3.05) is 55.7 Å². The predicted molar refractivity (Wildman–Crippen MR) is 158 cm³/mol. The molecule has 1 N–H and O–H groups in total. The Morgan fingerprint density at radius 1 is 1.05 bits per heavy atom. The lowest BCUT2D eigenvalue weighted by molar-refractivity contribution is 0.134. The summed E-state index contributed by atoms with van der Waals surface area (Å²) >= 11 is 6.70. The van der Waals surface area contributed by atoms with Crippen molar-refractivity contribution in [3.63, 3.8) is 0 Å². The van der Waals surface area contributed by atoms with Crippen LogP contribution in [0.1, 0.15) is 43.4 Å². The highest BCUT2D eigenvalue weighted by atomic mass is 35.5. The van der Waals surface area contributed by atoms with Crippen molar-refractivity contribution < 1.29 is 4.74 Å². The topological polar surface area (TPSA) is 80.5 Å². The number of halogens is 1. The van der Waals surface area contributed by atoms with Crippen LogP contribution in [-0.2, 0) is 13.0 Å². The van der Waals surface area contributed by atoms with Gasteiger partial charge < -0.3 is 19.9 Å². The molecule has 3 aliphatic heterocycles. The van der Waals surface area contributed by atoms with E-state index in [2.05, 4.69) is 50.4 Å². The van der Waals surface area contributed by atoms with Crippen LogP contribution in [0.3, 0.4) is 0 Å². The predicted octanol–water partition coefficient (Wildman–Crippen LogP) is 4.54. The third-order valence-electron chi connectivity index (χ3n) is 9.16. The maximum atomic E-state index is 9.31. The van der Waals surface area contributed by atoms with E-state index in [1.807, 2.05) is 12.1 Å². The lowest BCUT2D eigenvalue weighted by Gasteiger charge is -2.37. The van der Waals surface area contributed by atoms with Crippen LogP contribution in [0.2, 0.25) is 5.02 Å². The molecule has 4 aliphatic rings. The summed E-state index contributed by atoms with van der Waals surface area (Å²) in [6.07, 6.45) is 6.27. The number of hydrogen-bond donors (Lipinski definition) is 1. The molecule has 0 radical (unpaired) electrons. The highest BCUT2D eigenvalue weighted by Gasteiger charge is 2.49. The van der Waals surface area contributed by atoms with Gasteiger partial charge in [0.25, 0.3) is 0 Å². The summed E-state index contributed by atoms with van der Waals surface area (Å²) in [7, 11) is 0. The minimum absolute atomic E-state index is 0.136. The molecule has 8 nitrogen and oxygen atoms in total. The van der Waals surface area contributed by atoms with Gasteiger partial charge in [-0.3, -0.25) is 4.90 Å². The van der Waals surface area contributed by atoms with Gasteiger partial charge in [0.05, 0.1) is 35.3 Å². The molecule has 4 heterocycles. The molecule has 1 saturated carbocycles. The SMILES string of the molecule is N#CC[C@H]1CN(c2nc(OCC3(N4CCCC4)CC3)nc3c2CCN(c2cccc4cccc(Cl)c24)C3)CCN1. The van der Waals surface area contributed by atoms with Crippen molar-refractivity contribution in [2.24, 2.45) is 0 Å². The van der Waals surface area contributed by atoms with E-state index < -0.39 is 0 Å². The molecule has 0 spiro atoms. The lowest BCUT2D eigenvalue weighted by Crippen LogP contribution is -2.51. The molecule has 2 aromatic carbocycles. The first kappa shape index (κ1) is 25.8. The van der Waals surface area contributed by atoms with E-state index in [4.69, 9.17) is 26.3 Å². The van der Waals surface area contributed by atoms with Gasteiger partial charge in [-0.2, -0.15) is 15.2 Å². The van der Waals surface area contributed by atoms with Crippen molar-refractivity contribution in [2.45, 2.75) is 56.7 Å². The monoisotopic (exact) mass is 557 g/mol. The van der Waals surface area contributed by atoms with Crippen molar-refractivity contribution in [3.05, 3.63) is 52.7 Å². The Bertz CT molecular complexity index is 1440. The van der Waals surface area contributed by atoms with Crippen molar-refractivity contribution in [1.29, 1.82) is 5.26 Å². The maximum Gasteiger partial charge on any atom is 0.318 e. The minimum atomic E-state index is 0.136. The number of benzene rings is 2. The molecule has 0 amide bonds. The van der Waals surface area contributed by atoms with Gasteiger partial charge in [0.1, 0.15) is 12.4 Å². The van der Waals surface area contributed by atoms with Gasteiger partial charge >= 0.3 is 6.01 Å². The second-order valence-corrected chi connectivity index (χ2v) is 12.1. The smallest absolute Gasteiger partial charge is 0.318 e. The highest BCUT2D eigenvalue weighted by Crippen LogP contribution is 2.44.